The van der Waals surface area contributed by atoms with E-state index in [4.69, 9.17) is 0 Å². The minimum Gasteiger partial charge on any atom is -0.317 e. The Labute approximate surface area is 146 Å². The predicted octanol–water partition coefficient (Wildman–Crippen LogP) is 4.03. The first kappa shape index (κ1) is 17.3. The van der Waals surface area contributed by atoms with E-state index in [0.29, 0.717) is 21.5 Å². The molecule has 1 amide bonds. The zero-order chi connectivity index (χ0) is 18.2. The van der Waals surface area contributed by atoms with Gasteiger partial charge in [-0.2, -0.15) is 13.2 Å². The van der Waals surface area contributed by atoms with E-state index in [1.807, 2.05) is 0 Å². The first-order valence-electron chi connectivity index (χ1n) is 7.30. The maximum atomic E-state index is 12.9. The molecule has 1 saturated heterocycles. The van der Waals surface area contributed by atoms with E-state index < -0.39 is 11.7 Å². The van der Waals surface area contributed by atoms with Gasteiger partial charge in [0.25, 0.3) is 5.91 Å². The number of rotatable bonds is 2. The van der Waals surface area contributed by atoms with Gasteiger partial charge in [-0.15, -0.1) is 0 Å². The summed E-state index contributed by atoms with van der Waals surface area (Å²) in [6, 6.07) is 8.51. The quantitative estimate of drug-likeness (QED) is 0.754. The topological polar surface area (TPSA) is 37.6 Å². The van der Waals surface area contributed by atoms with E-state index in [1.165, 1.54) is 22.7 Å². The molecule has 0 spiro atoms. The van der Waals surface area contributed by atoms with Crippen LogP contribution in [-0.4, -0.2) is 34.6 Å². The molecule has 1 aliphatic rings. The zero-order valence-corrected chi connectivity index (χ0v) is 14.2. The van der Waals surface area contributed by atoms with Gasteiger partial charge in [0.15, 0.2) is 5.17 Å². The van der Waals surface area contributed by atoms with Crippen molar-refractivity contribution in [1.82, 2.24) is 9.47 Å². The second-order valence-electron chi connectivity index (χ2n) is 5.33. The summed E-state index contributed by atoms with van der Waals surface area (Å²) >= 11 is 1.23. The molecule has 1 aromatic heterocycles. The van der Waals surface area contributed by atoms with E-state index >= 15 is 0 Å². The number of hydrogen-bond donors (Lipinski definition) is 0. The Kier molecular flexibility index (Phi) is 4.47. The monoisotopic (exact) mass is 365 g/mol. The molecule has 2 aromatic rings. The molecule has 0 radical (unpaired) electrons. The normalized spacial score (nSPS) is 18.6. The van der Waals surface area contributed by atoms with Crippen molar-refractivity contribution in [2.45, 2.75) is 6.18 Å². The van der Waals surface area contributed by atoms with E-state index in [1.54, 1.807) is 49.1 Å². The number of halogens is 3. The van der Waals surface area contributed by atoms with E-state index in [2.05, 4.69) is 4.99 Å². The first-order chi connectivity index (χ1) is 11.8. The van der Waals surface area contributed by atoms with Crippen molar-refractivity contribution in [3.05, 3.63) is 58.8 Å². The molecule has 25 heavy (non-hydrogen) atoms. The van der Waals surface area contributed by atoms with Crippen LogP contribution in [0.15, 0.2) is 52.5 Å². The number of hydrogen-bond acceptors (Lipinski definition) is 3. The number of aromatic nitrogens is 1. The van der Waals surface area contributed by atoms with Gasteiger partial charge in [-0.1, -0.05) is 6.07 Å². The Morgan fingerprint density at radius 1 is 1.20 bits per heavy atom. The summed E-state index contributed by atoms with van der Waals surface area (Å²) in [7, 11) is 3.23. The smallest absolute Gasteiger partial charge is 0.317 e. The summed E-state index contributed by atoms with van der Waals surface area (Å²) in [5.74, 6) is -0.192. The average molecular weight is 365 g/mol. The molecule has 1 aromatic carbocycles. The van der Waals surface area contributed by atoms with Crippen LogP contribution in [0.5, 0.6) is 0 Å². The van der Waals surface area contributed by atoms with Crippen LogP contribution >= 0.6 is 11.8 Å². The van der Waals surface area contributed by atoms with Crippen molar-refractivity contribution in [3.8, 4) is 5.69 Å². The number of alkyl halides is 3. The number of carbonyl (C=O) groups is 1. The molecule has 2 heterocycles. The summed E-state index contributed by atoms with van der Waals surface area (Å²) < 4.78 is 40.4. The molecule has 0 bridgehead atoms. The van der Waals surface area contributed by atoms with Crippen molar-refractivity contribution in [2.24, 2.45) is 4.99 Å². The molecule has 8 heteroatoms. The summed E-state index contributed by atoms with van der Waals surface area (Å²) in [6.45, 7) is 0. The van der Waals surface area contributed by atoms with E-state index in [-0.39, 0.29) is 5.91 Å². The number of thioether (sulfide) groups is 1. The van der Waals surface area contributed by atoms with Gasteiger partial charge in [-0.05, 0) is 48.2 Å². The fourth-order valence-electron chi connectivity index (χ4n) is 2.46. The maximum absolute atomic E-state index is 12.9. The molecule has 1 fully saturated rings. The van der Waals surface area contributed by atoms with Crippen LogP contribution < -0.4 is 0 Å². The maximum Gasteiger partial charge on any atom is 0.416 e. The molecule has 1 aliphatic heterocycles. The highest BCUT2D eigenvalue weighted by Crippen LogP contribution is 2.33. The molecular formula is C17H14F3N3OS. The number of amidine groups is 1. The van der Waals surface area contributed by atoms with E-state index in [0.717, 1.165) is 12.1 Å². The second-order valence-corrected chi connectivity index (χ2v) is 6.34. The van der Waals surface area contributed by atoms with E-state index in [9.17, 15) is 18.0 Å². The van der Waals surface area contributed by atoms with Gasteiger partial charge in [-0.3, -0.25) is 14.7 Å². The molecule has 0 N–H and O–H groups in total. The third-order valence-electron chi connectivity index (χ3n) is 3.71. The van der Waals surface area contributed by atoms with Gasteiger partial charge in [0.2, 0.25) is 0 Å². The lowest BCUT2D eigenvalue weighted by Gasteiger charge is -2.11. The molecule has 0 saturated carbocycles. The minimum absolute atomic E-state index is 0.192. The Balaban J connectivity index is 2.00. The van der Waals surface area contributed by atoms with Gasteiger partial charge in [-0.25, -0.2) is 0 Å². The predicted molar refractivity (Wildman–Crippen MR) is 92.5 cm³/mol. The molecule has 130 valence electrons. The molecule has 4 nitrogen and oxygen atoms in total. The van der Waals surface area contributed by atoms with Crippen molar-refractivity contribution < 1.29 is 18.0 Å². The van der Waals surface area contributed by atoms with Gasteiger partial charge in [0.05, 0.1) is 10.5 Å². The highest BCUT2D eigenvalue weighted by atomic mass is 32.2. The molecule has 0 atom stereocenters. The van der Waals surface area contributed by atoms with Crippen molar-refractivity contribution in [1.29, 1.82) is 0 Å². The Hall–Kier alpha value is -2.48. The fourth-order valence-corrected chi connectivity index (χ4v) is 3.37. The molecule has 0 aliphatic carbocycles. The third kappa shape index (κ3) is 3.34. The van der Waals surface area contributed by atoms with Crippen LogP contribution in [0, 0.1) is 0 Å². The lowest BCUT2D eigenvalue weighted by atomic mass is 10.2. The van der Waals surface area contributed by atoms with Crippen LogP contribution in [0.1, 0.15) is 11.3 Å². The first-order valence-corrected chi connectivity index (χ1v) is 8.12. The Morgan fingerprint density at radius 3 is 2.60 bits per heavy atom. The van der Waals surface area contributed by atoms with Crippen LogP contribution in [0.2, 0.25) is 0 Å². The van der Waals surface area contributed by atoms with Crippen LogP contribution in [0.4, 0.5) is 13.2 Å². The van der Waals surface area contributed by atoms with Crippen molar-refractivity contribution >= 4 is 28.9 Å². The molecule has 3 rings (SSSR count). The number of likely N-dealkylation sites (N-methyl/N-ethyl adjacent to an activating group) is 1. The van der Waals surface area contributed by atoms with Gasteiger partial charge in [0.1, 0.15) is 0 Å². The van der Waals surface area contributed by atoms with Crippen LogP contribution in [-0.2, 0) is 11.0 Å². The largest absolute Gasteiger partial charge is 0.416 e. The summed E-state index contributed by atoms with van der Waals surface area (Å²) in [5.41, 5.74) is 0.268. The molecular weight excluding hydrogens is 351 g/mol. The number of aliphatic imine (C=N–C) groups is 1. The van der Waals surface area contributed by atoms with Crippen molar-refractivity contribution in [2.75, 3.05) is 14.1 Å². The minimum atomic E-state index is -4.41. The fraction of sp³-hybridized carbons (Fsp3) is 0.176. The van der Waals surface area contributed by atoms with Crippen molar-refractivity contribution in [3.63, 3.8) is 0 Å². The third-order valence-corrected chi connectivity index (χ3v) is 4.86. The van der Waals surface area contributed by atoms with Gasteiger partial charge >= 0.3 is 6.18 Å². The highest BCUT2D eigenvalue weighted by Gasteiger charge is 2.31. The summed E-state index contributed by atoms with van der Waals surface area (Å²) in [4.78, 5) is 18.2. The number of carbonyl (C=O) groups excluding carboxylic acids is 1. The number of benzene rings is 1. The SMILES string of the molecule is CN=C1S/C(=C\c2cccn2-c2cccc(C(F)(F)F)c2)C(=O)N1C. The standard InChI is InChI=1S/C17H14F3N3OS/c1-21-16-22(2)15(24)14(25-16)10-13-7-4-8-23(13)12-6-3-5-11(9-12)17(18,19)20/h3-10H,1-2H3/b14-10-,21-16?. The summed E-state index contributed by atoms with van der Waals surface area (Å²) in [6.07, 6.45) is -1.10. The van der Waals surface area contributed by atoms with Crippen LogP contribution in [0.3, 0.4) is 0 Å². The summed E-state index contributed by atoms with van der Waals surface area (Å²) in [5, 5.41) is 0.577. The number of amides is 1. The lowest BCUT2D eigenvalue weighted by molar-refractivity contribution is -0.137. The highest BCUT2D eigenvalue weighted by molar-refractivity contribution is 8.18. The number of nitrogens with zero attached hydrogens (tertiary/aromatic N) is 3. The van der Waals surface area contributed by atoms with Crippen LogP contribution in [0.25, 0.3) is 11.8 Å². The lowest BCUT2D eigenvalue weighted by Crippen LogP contribution is -2.23. The van der Waals surface area contributed by atoms with Gasteiger partial charge < -0.3 is 4.57 Å². The second kappa shape index (κ2) is 6.44. The zero-order valence-electron chi connectivity index (χ0n) is 13.4. The Morgan fingerprint density at radius 2 is 1.96 bits per heavy atom. The van der Waals surface area contributed by atoms with Gasteiger partial charge in [0, 0.05) is 31.7 Å². The Bertz CT molecular complexity index is 883. The average Bonchev–Trinajstić information content (AvgIpc) is 3.14. The molecule has 0 unspecified atom stereocenters.